The van der Waals surface area contributed by atoms with Crippen molar-refractivity contribution in [2.24, 2.45) is 0 Å². The number of nitrogens with zero attached hydrogens (tertiary/aromatic N) is 6. The highest BCUT2D eigenvalue weighted by molar-refractivity contribution is 5.75. The lowest BCUT2D eigenvalue weighted by Gasteiger charge is -2.33. The first-order chi connectivity index (χ1) is 11.6. The summed E-state index contributed by atoms with van der Waals surface area (Å²) in [7, 11) is 2.14. The van der Waals surface area contributed by atoms with Crippen LogP contribution < -0.4 is 4.90 Å². The minimum atomic E-state index is 0.732. The molecule has 0 aliphatic carbocycles. The topological polar surface area (TPSA) is 49.6 Å². The van der Waals surface area contributed by atoms with Gasteiger partial charge in [-0.2, -0.15) is 5.10 Å². The molecule has 0 spiro atoms. The van der Waals surface area contributed by atoms with E-state index < -0.39 is 0 Å². The van der Waals surface area contributed by atoms with Gasteiger partial charge in [-0.1, -0.05) is 12.0 Å². The molecule has 1 fully saturated rings. The van der Waals surface area contributed by atoms with Crippen LogP contribution in [-0.4, -0.2) is 57.7 Å². The number of hydrogen-bond donors (Lipinski definition) is 0. The fraction of sp³-hybridized carbons (Fsp3) is 0.389. The number of anilines is 1. The normalized spacial score (nSPS) is 16.9. The molecule has 0 aromatic carbocycles. The molecule has 1 saturated heterocycles. The second-order valence-electron chi connectivity index (χ2n) is 5.90. The molecule has 0 amide bonds. The van der Waals surface area contributed by atoms with E-state index in [2.05, 4.69) is 32.9 Å². The highest BCUT2D eigenvalue weighted by Crippen LogP contribution is 2.24. The van der Waals surface area contributed by atoms with E-state index in [9.17, 15) is 0 Å². The number of aryl methyl sites for hydroxylation is 1. The summed E-state index contributed by atoms with van der Waals surface area (Å²) in [4.78, 5) is 13.9. The summed E-state index contributed by atoms with van der Waals surface area (Å²) in [6.07, 6.45) is 12.8. The van der Waals surface area contributed by atoms with E-state index >= 15 is 0 Å². The summed E-state index contributed by atoms with van der Waals surface area (Å²) in [5.41, 5.74) is 2.65. The lowest BCUT2D eigenvalue weighted by atomic mass is 10.1. The van der Waals surface area contributed by atoms with Gasteiger partial charge >= 0.3 is 0 Å². The van der Waals surface area contributed by atoms with Crippen molar-refractivity contribution < 1.29 is 0 Å². The minimum absolute atomic E-state index is 0.732. The summed E-state index contributed by atoms with van der Waals surface area (Å²) in [6, 6.07) is 0. The van der Waals surface area contributed by atoms with E-state index in [-0.39, 0.29) is 0 Å². The molecular formula is C18H22N6. The lowest BCUT2D eigenvalue weighted by Crippen LogP contribution is -2.45. The molecule has 124 valence electrons. The predicted octanol–water partition coefficient (Wildman–Crippen LogP) is 1.78. The van der Waals surface area contributed by atoms with Gasteiger partial charge in [-0.3, -0.25) is 0 Å². The smallest absolute Gasteiger partial charge is 0.199 e. The molecule has 1 aliphatic heterocycles. The Labute approximate surface area is 142 Å². The number of allylic oxidation sites excluding steroid dienone is 4. The van der Waals surface area contributed by atoms with Crippen molar-refractivity contribution in [1.82, 2.24) is 24.5 Å². The number of fused-ring (bicyclic) bond motifs is 1. The minimum Gasteiger partial charge on any atom is -0.351 e. The molecule has 0 radical (unpaired) electrons. The molecule has 1 aliphatic rings. The first-order valence-electron chi connectivity index (χ1n) is 8.09. The largest absolute Gasteiger partial charge is 0.351 e. The van der Waals surface area contributed by atoms with Crippen LogP contribution in [0.4, 0.5) is 5.82 Å². The lowest BCUT2D eigenvalue weighted by molar-refractivity contribution is 0.312. The first kappa shape index (κ1) is 16.2. The first-order valence-corrected chi connectivity index (χ1v) is 8.09. The van der Waals surface area contributed by atoms with Gasteiger partial charge in [-0.25, -0.2) is 14.5 Å². The zero-order valence-electron chi connectivity index (χ0n) is 14.4. The third-order valence-electron chi connectivity index (χ3n) is 4.22. The number of aromatic nitrogens is 4. The molecule has 0 unspecified atom stereocenters. The fourth-order valence-electron chi connectivity index (χ4n) is 2.87. The van der Waals surface area contributed by atoms with Crippen LogP contribution in [0.25, 0.3) is 11.2 Å². The third kappa shape index (κ3) is 3.03. The molecule has 0 saturated carbocycles. The van der Waals surface area contributed by atoms with E-state index in [4.69, 9.17) is 11.4 Å². The Hall–Kier alpha value is -2.65. The molecule has 2 aromatic rings. The zero-order chi connectivity index (χ0) is 17.1. The molecule has 2 aromatic heterocycles. The van der Waals surface area contributed by atoms with Crippen LogP contribution in [0, 0.1) is 19.3 Å². The number of piperazine rings is 1. The standard InChI is InChI=1S/C18H22N6/c1-5-7-8-15(6-2)16-13-19-17(18-20-14(3)21-24(16)18)23-11-9-22(4)10-12-23/h1,6-8,13H,9-12H2,2-4H3/b8-7-,15-6+. The molecule has 0 N–H and O–H groups in total. The van der Waals surface area contributed by atoms with Gasteiger partial charge in [0, 0.05) is 26.2 Å². The van der Waals surface area contributed by atoms with Crippen molar-refractivity contribution in [2.75, 3.05) is 38.1 Å². The zero-order valence-corrected chi connectivity index (χ0v) is 14.4. The van der Waals surface area contributed by atoms with Crippen molar-refractivity contribution in [3.63, 3.8) is 0 Å². The molecule has 0 bridgehead atoms. The Morgan fingerprint density at radius 3 is 2.71 bits per heavy atom. The SMILES string of the molecule is C#C/C=C\C(=C/C)c1cnc(N2CCN(C)CC2)c2nc(C)nn12. The number of terminal acetylenes is 1. The Morgan fingerprint density at radius 1 is 1.29 bits per heavy atom. The van der Waals surface area contributed by atoms with Gasteiger partial charge in [-0.05, 0) is 38.6 Å². The van der Waals surface area contributed by atoms with E-state index in [0.29, 0.717) is 0 Å². The molecule has 6 nitrogen and oxygen atoms in total. The van der Waals surface area contributed by atoms with Gasteiger partial charge in [0.05, 0.1) is 11.9 Å². The van der Waals surface area contributed by atoms with Crippen molar-refractivity contribution in [3.8, 4) is 12.3 Å². The fourth-order valence-corrected chi connectivity index (χ4v) is 2.87. The van der Waals surface area contributed by atoms with Gasteiger partial charge in [0.1, 0.15) is 5.82 Å². The second kappa shape index (κ2) is 6.85. The highest BCUT2D eigenvalue weighted by Gasteiger charge is 2.21. The Bertz CT molecular complexity index is 831. The number of likely N-dealkylation sites (N-methyl/N-ethyl adjacent to an activating group) is 1. The van der Waals surface area contributed by atoms with E-state index in [0.717, 1.165) is 54.7 Å². The Kier molecular flexibility index (Phi) is 4.63. The van der Waals surface area contributed by atoms with Crippen LogP contribution in [0.1, 0.15) is 18.4 Å². The molecule has 6 heteroatoms. The number of hydrogen-bond acceptors (Lipinski definition) is 5. The van der Waals surface area contributed by atoms with Gasteiger partial charge in [-0.15, -0.1) is 6.42 Å². The van der Waals surface area contributed by atoms with Crippen LogP contribution in [0.15, 0.2) is 24.4 Å². The molecule has 3 rings (SSSR count). The van der Waals surface area contributed by atoms with Gasteiger partial charge < -0.3 is 9.80 Å². The van der Waals surface area contributed by atoms with E-state index in [1.165, 1.54) is 0 Å². The van der Waals surface area contributed by atoms with Gasteiger partial charge in [0.25, 0.3) is 0 Å². The molecule has 3 heterocycles. The average molecular weight is 322 g/mol. The van der Waals surface area contributed by atoms with Crippen LogP contribution in [0.2, 0.25) is 0 Å². The van der Waals surface area contributed by atoms with Crippen molar-refractivity contribution >= 4 is 17.0 Å². The number of rotatable bonds is 3. The summed E-state index contributed by atoms with van der Waals surface area (Å²) in [5, 5.41) is 4.56. The maximum Gasteiger partial charge on any atom is 0.199 e. The maximum atomic E-state index is 5.33. The average Bonchev–Trinajstić information content (AvgIpc) is 2.98. The quantitative estimate of drug-likeness (QED) is 0.637. The van der Waals surface area contributed by atoms with Crippen LogP contribution in [-0.2, 0) is 0 Å². The van der Waals surface area contributed by atoms with E-state index in [1.54, 1.807) is 6.08 Å². The molecule has 0 atom stereocenters. The van der Waals surface area contributed by atoms with Crippen molar-refractivity contribution in [3.05, 3.63) is 35.9 Å². The van der Waals surface area contributed by atoms with Crippen LogP contribution in [0.3, 0.4) is 0 Å². The monoisotopic (exact) mass is 322 g/mol. The van der Waals surface area contributed by atoms with Gasteiger partial charge in [0.15, 0.2) is 11.5 Å². The van der Waals surface area contributed by atoms with Crippen LogP contribution >= 0.6 is 0 Å². The van der Waals surface area contributed by atoms with Crippen molar-refractivity contribution in [2.45, 2.75) is 13.8 Å². The highest BCUT2D eigenvalue weighted by atomic mass is 15.4. The summed E-state index contributed by atoms with van der Waals surface area (Å²) < 4.78 is 1.87. The predicted molar refractivity (Wildman–Crippen MR) is 96.9 cm³/mol. The van der Waals surface area contributed by atoms with Gasteiger partial charge in [0.2, 0.25) is 0 Å². The Morgan fingerprint density at radius 2 is 2.04 bits per heavy atom. The van der Waals surface area contributed by atoms with Crippen LogP contribution in [0.5, 0.6) is 0 Å². The maximum absolute atomic E-state index is 5.33. The third-order valence-corrected chi connectivity index (χ3v) is 4.22. The second-order valence-corrected chi connectivity index (χ2v) is 5.90. The Balaban J connectivity index is 2.08. The molecule has 24 heavy (non-hydrogen) atoms. The summed E-state index contributed by atoms with van der Waals surface area (Å²) in [6.45, 7) is 7.80. The summed E-state index contributed by atoms with van der Waals surface area (Å²) >= 11 is 0. The summed E-state index contributed by atoms with van der Waals surface area (Å²) in [5.74, 6) is 4.15. The van der Waals surface area contributed by atoms with Crippen molar-refractivity contribution in [1.29, 1.82) is 0 Å². The molecular weight excluding hydrogens is 300 g/mol. The van der Waals surface area contributed by atoms with E-state index in [1.807, 2.05) is 36.7 Å².